The van der Waals surface area contributed by atoms with Gasteiger partial charge in [0.1, 0.15) is 0 Å². The number of benzene rings is 1. The topological polar surface area (TPSA) is 34.0 Å². The van der Waals surface area contributed by atoms with Crippen LogP contribution in [0.3, 0.4) is 0 Å². The van der Waals surface area contributed by atoms with Gasteiger partial charge in [0, 0.05) is 25.3 Å². The lowest BCUT2D eigenvalue weighted by molar-refractivity contribution is 0.133. The lowest BCUT2D eigenvalue weighted by Crippen LogP contribution is -2.42. The van der Waals surface area contributed by atoms with E-state index < -0.39 is 0 Å². The summed E-state index contributed by atoms with van der Waals surface area (Å²) in [5.74, 6) is 0.640. The summed E-state index contributed by atoms with van der Waals surface area (Å²) in [6, 6.07) is 10.2. The Bertz CT molecular complexity index is 657. The average molecular weight is 324 g/mol. The zero-order valence-electron chi connectivity index (χ0n) is 14.9. The number of fused-ring (bicyclic) bond motifs is 1. The van der Waals surface area contributed by atoms with E-state index in [9.17, 15) is 0 Å². The first-order chi connectivity index (χ1) is 11.7. The molecule has 0 atom stereocenters. The number of aromatic nitrogens is 3. The Morgan fingerprint density at radius 2 is 1.71 bits per heavy atom. The summed E-state index contributed by atoms with van der Waals surface area (Å²) in [7, 11) is 0. The van der Waals surface area contributed by atoms with Crippen molar-refractivity contribution in [2.24, 2.45) is 5.92 Å². The Morgan fingerprint density at radius 3 is 2.33 bits per heavy atom. The van der Waals surface area contributed by atoms with Crippen LogP contribution in [0.25, 0.3) is 0 Å². The molecule has 24 heavy (non-hydrogen) atoms. The summed E-state index contributed by atoms with van der Waals surface area (Å²) in [4.78, 5) is 2.70. The summed E-state index contributed by atoms with van der Waals surface area (Å²) in [5, 5.41) is 8.75. The molecule has 4 heteroatoms. The third kappa shape index (κ3) is 3.25. The largest absolute Gasteiger partial charge is 0.300 e. The molecule has 2 aliphatic rings. The van der Waals surface area contributed by atoms with Crippen LogP contribution in [0, 0.1) is 5.92 Å². The van der Waals surface area contributed by atoms with Crippen LogP contribution in [-0.2, 0) is 19.3 Å². The Labute approximate surface area is 144 Å². The van der Waals surface area contributed by atoms with Gasteiger partial charge in [0.2, 0.25) is 0 Å². The molecule has 0 spiro atoms. The van der Waals surface area contributed by atoms with Gasteiger partial charge >= 0.3 is 0 Å². The second-order valence-electron chi connectivity index (χ2n) is 7.89. The number of rotatable bonds is 4. The molecule has 1 aromatic carbocycles. The van der Waals surface area contributed by atoms with Gasteiger partial charge in [0.15, 0.2) is 0 Å². The van der Waals surface area contributed by atoms with Crippen molar-refractivity contribution >= 4 is 0 Å². The number of likely N-dealkylation sites (tertiary alicyclic amines) is 1. The number of hydrogen-bond donors (Lipinski definition) is 0. The highest BCUT2D eigenvalue weighted by Gasteiger charge is 2.30. The van der Waals surface area contributed by atoms with Gasteiger partial charge in [0.05, 0.1) is 11.7 Å². The molecule has 1 saturated heterocycles. The summed E-state index contributed by atoms with van der Waals surface area (Å²) in [6.45, 7) is 6.83. The maximum atomic E-state index is 4.40. The molecule has 4 nitrogen and oxygen atoms in total. The Balaban J connectivity index is 1.33. The second-order valence-corrected chi connectivity index (χ2v) is 7.89. The highest BCUT2D eigenvalue weighted by Crippen LogP contribution is 2.30. The maximum Gasteiger partial charge on any atom is 0.0829 e. The standard InChI is InChI=1S/C20H28N4/c1-15(2)11-18-14-24(22-21-18)19-7-9-23(10-8-19)20-12-16-5-3-4-6-17(16)13-20/h3-6,14-15,19-20H,7-13H2,1-2H3. The van der Waals surface area contributed by atoms with Crippen molar-refractivity contribution in [2.75, 3.05) is 13.1 Å². The first kappa shape index (κ1) is 15.8. The molecule has 1 aliphatic heterocycles. The molecule has 0 N–H and O–H groups in total. The minimum absolute atomic E-state index is 0.526. The van der Waals surface area contributed by atoms with Crippen molar-refractivity contribution in [1.29, 1.82) is 0 Å². The van der Waals surface area contributed by atoms with Gasteiger partial charge < -0.3 is 0 Å². The average Bonchev–Trinajstić information content (AvgIpc) is 3.21. The molecule has 0 bridgehead atoms. The molecule has 1 aromatic heterocycles. The van der Waals surface area contributed by atoms with E-state index in [0.717, 1.165) is 12.1 Å². The summed E-state index contributed by atoms with van der Waals surface area (Å²) < 4.78 is 2.12. The summed E-state index contributed by atoms with van der Waals surface area (Å²) >= 11 is 0. The maximum absolute atomic E-state index is 4.40. The van der Waals surface area contributed by atoms with Gasteiger partial charge in [-0.3, -0.25) is 4.90 Å². The van der Waals surface area contributed by atoms with E-state index in [2.05, 4.69) is 64.2 Å². The van der Waals surface area contributed by atoms with Gasteiger partial charge in [-0.2, -0.15) is 0 Å². The molecular weight excluding hydrogens is 296 g/mol. The zero-order valence-corrected chi connectivity index (χ0v) is 14.9. The third-order valence-electron chi connectivity index (χ3n) is 5.59. The third-order valence-corrected chi connectivity index (χ3v) is 5.59. The molecule has 0 saturated carbocycles. The normalized spacial score (nSPS) is 20.0. The molecule has 0 amide bonds. The van der Waals surface area contributed by atoms with Crippen LogP contribution >= 0.6 is 0 Å². The van der Waals surface area contributed by atoms with E-state index in [4.69, 9.17) is 0 Å². The summed E-state index contributed by atoms with van der Waals surface area (Å²) in [6.07, 6.45) is 8.03. The van der Waals surface area contributed by atoms with E-state index in [1.807, 2.05) is 0 Å². The number of piperidine rings is 1. The van der Waals surface area contributed by atoms with Crippen molar-refractivity contribution in [3.05, 3.63) is 47.3 Å². The fourth-order valence-electron chi connectivity index (χ4n) is 4.31. The monoisotopic (exact) mass is 324 g/mol. The quantitative estimate of drug-likeness (QED) is 0.865. The van der Waals surface area contributed by atoms with E-state index >= 15 is 0 Å². The lowest BCUT2D eigenvalue weighted by Gasteiger charge is -2.35. The number of hydrogen-bond acceptors (Lipinski definition) is 3. The Morgan fingerprint density at radius 1 is 1.04 bits per heavy atom. The van der Waals surface area contributed by atoms with Crippen molar-refractivity contribution < 1.29 is 0 Å². The first-order valence-corrected chi connectivity index (χ1v) is 9.40. The Kier molecular flexibility index (Phi) is 4.40. The van der Waals surface area contributed by atoms with Gasteiger partial charge in [-0.05, 0) is 49.1 Å². The number of nitrogens with zero attached hydrogens (tertiary/aromatic N) is 4. The molecule has 4 rings (SSSR count). The summed E-state index contributed by atoms with van der Waals surface area (Å²) in [5.41, 5.74) is 4.25. The van der Waals surface area contributed by atoms with Gasteiger partial charge in [-0.25, -0.2) is 4.68 Å². The highest BCUT2D eigenvalue weighted by molar-refractivity contribution is 5.33. The van der Waals surface area contributed by atoms with Crippen molar-refractivity contribution in [2.45, 2.75) is 58.0 Å². The van der Waals surface area contributed by atoms with E-state index in [0.29, 0.717) is 18.0 Å². The predicted molar refractivity (Wildman–Crippen MR) is 96.0 cm³/mol. The van der Waals surface area contributed by atoms with Crippen molar-refractivity contribution in [3.63, 3.8) is 0 Å². The van der Waals surface area contributed by atoms with E-state index in [1.165, 1.54) is 38.8 Å². The minimum Gasteiger partial charge on any atom is -0.300 e. The van der Waals surface area contributed by atoms with Crippen LogP contribution in [0.2, 0.25) is 0 Å². The van der Waals surface area contributed by atoms with Crippen LogP contribution in [0.5, 0.6) is 0 Å². The first-order valence-electron chi connectivity index (χ1n) is 9.40. The van der Waals surface area contributed by atoms with Crippen LogP contribution < -0.4 is 0 Å². The van der Waals surface area contributed by atoms with Crippen LogP contribution in [0.1, 0.15) is 49.6 Å². The fourth-order valence-corrected chi connectivity index (χ4v) is 4.31. The highest BCUT2D eigenvalue weighted by atomic mass is 15.4. The van der Waals surface area contributed by atoms with Crippen LogP contribution in [0.4, 0.5) is 0 Å². The van der Waals surface area contributed by atoms with Gasteiger partial charge in [0.25, 0.3) is 0 Å². The molecule has 128 valence electrons. The van der Waals surface area contributed by atoms with E-state index in [-0.39, 0.29) is 0 Å². The molecule has 1 aliphatic carbocycles. The van der Waals surface area contributed by atoms with E-state index in [1.54, 1.807) is 11.1 Å². The van der Waals surface area contributed by atoms with Crippen LogP contribution in [-0.4, -0.2) is 39.0 Å². The van der Waals surface area contributed by atoms with Crippen molar-refractivity contribution in [3.8, 4) is 0 Å². The molecule has 2 heterocycles. The van der Waals surface area contributed by atoms with Crippen molar-refractivity contribution in [1.82, 2.24) is 19.9 Å². The van der Waals surface area contributed by atoms with Gasteiger partial charge in [-0.1, -0.05) is 43.3 Å². The van der Waals surface area contributed by atoms with Gasteiger partial charge in [-0.15, -0.1) is 5.10 Å². The molecule has 0 radical (unpaired) electrons. The molecular formula is C20H28N4. The SMILES string of the molecule is CC(C)Cc1cn(C2CCN(C3Cc4ccccc4C3)CC2)nn1. The molecule has 2 aromatic rings. The fraction of sp³-hybridized carbons (Fsp3) is 0.600. The smallest absolute Gasteiger partial charge is 0.0829 e. The predicted octanol–water partition coefficient (Wildman–Crippen LogP) is 3.28. The second kappa shape index (κ2) is 6.67. The molecule has 1 fully saturated rings. The zero-order chi connectivity index (χ0) is 16.5. The molecule has 0 unspecified atom stereocenters. The van der Waals surface area contributed by atoms with Crippen LogP contribution in [0.15, 0.2) is 30.5 Å². The lowest BCUT2D eigenvalue weighted by atomic mass is 10.0. The Hall–Kier alpha value is -1.68. The minimum atomic E-state index is 0.526.